The van der Waals surface area contributed by atoms with Crippen LogP contribution in [0.2, 0.25) is 0 Å². The summed E-state index contributed by atoms with van der Waals surface area (Å²) in [6.07, 6.45) is 0.301. The maximum Gasteiger partial charge on any atom is 0.0934 e. The average Bonchev–Trinajstić information content (AvgIpc) is 2.18. The molecule has 70 valence electrons. The largest absolute Gasteiger partial charge is 0.365 e. The summed E-state index contributed by atoms with van der Waals surface area (Å²) in [4.78, 5) is 0. The van der Waals surface area contributed by atoms with Crippen LogP contribution < -0.4 is 10.6 Å². The topological polar surface area (TPSA) is 24.1 Å². The number of hydrogen-bond acceptors (Lipinski definition) is 2. The standard InChI is InChI=1S/C12H12N2/c1-8-13-10-6-2-4-9-5-3-7-11(14-8)12(9)10/h2-8,13-14H,1H3. The minimum absolute atomic E-state index is 0.301. The fourth-order valence-corrected chi connectivity index (χ4v) is 2.08. The second-order valence-corrected chi connectivity index (χ2v) is 3.72. The minimum Gasteiger partial charge on any atom is -0.365 e. The van der Waals surface area contributed by atoms with Gasteiger partial charge in [-0.15, -0.1) is 0 Å². The first-order valence-electron chi connectivity index (χ1n) is 4.89. The maximum absolute atomic E-state index is 3.41. The first kappa shape index (κ1) is 7.68. The fourth-order valence-electron chi connectivity index (χ4n) is 2.08. The van der Waals surface area contributed by atoms with E-state index in [4.69, 9.17) is 0 Å². The fraction of sp³-hybridized carbons (Fsp3) is 0.167. The van der Waals surface area contributed by atoms with Crippen molar-refractivity contribution in [3.8, 4) is 0 Å². The van der Waals surface area contributed by atoms with Crippen molar-refractivity contribution in [1.82, 2.24) is 0 Å². The Hall–Kier alpha value is -1.70. The minimum atomic E-state index is 0.301. The first-order chi connectivity index (χ1) is 6.84. The van der Waals surface area contributed by atoms with E-state index in [1.807, 2.05) is 0 Å². The number of nitrogens with one attached hydrogen (secondary N) is 2. The zero-order valence-corrected chi connectivity index (χ0v) is 8.04. The zero-order valence-electron chi connectivity index (χ0n) is 8.04. The van der Waals surface area contributed by atoms with Gasteiger partial charge in [0.2, 0.25) is 0 Å². The number of anilines is 2. The Kier molecular flexibility index (Phi) is 1.45. The zero-order chi connectivity index (χ0) is 9.54. The highest BCUT2D eigenvalue weighted by Gasteiger charge is 2.14. The van der Waals surface area contributed by atoms with Crippen molar-refractivity contribution >= 4 is 22.1 Å². The summed E-state index contributed by atoms with van der Waals surface area (Å²) in [5.74, 6) is 0. The van der Waals surface area contributed by atoms with Crippen LogP contribution in [0.1, 0.15) is 6.92 Å². The van der Waals surface area contributed by atoms with Crippen molar-refractivity contribution < 1.29 is 0 Å². The molecule has 0 spiro atoms. The van der Waals surface area contributed by atoms with Gasteiger partial charge in [0.15, 0.2) is 0 Å². The van der Waals surface area contributed by atoms with E-state index in [0.29, 0.717) is 6.17 Å². The third-order valence-electron chi connectivity index (χ3n) is 2.65. The summed E-state index contributed by atoms with van der Waals surface area (Å²) >= 11 is 0. The quantitative estimate of drug-likeness (QED) is 0.657. The Morgan fingerprint density at radius 2 is 1.50 bits per heavy atom. The summed E-state index contributed by atoms with van der Waals surface area (Å²) in [7, 11) is 0. The lowest BCUT2D eigenvalue weighted by Crippen LogP contribution is -2.28. The summed E-state index contributed by atoms with van der Waals surface area (Å²) < 4.78 is 0. The molecule has 0 saturated carbocycles. The van der Waals surface area contributed by atoms with Crippen LogP contribution in [0.3, 0.4) is 0 Å². The Labute approximate surface area is 82.9 Å². The molecular weight excluding hydrogens is 172 g/mol. The second kappa shape index (κ2) is 2.64. The molecule has 0 fully saturated rings. The van der Waals surface area contributed by atoms with Gasteiger partial charge in [-0.1, -0.05) is 24.3 Å². The third-order valence-corrected chi connectivity index (χ3v) is 2.65. The molecule has 1 aliphatic rings. The lowest BCUT2D eigenvalue weighted by atomic mass is 10.0. The molecule has 2 aromatic carbocycles. The molecule has 2 heteroatoms. The smallest absolute Gasteiger partial charge is 0.0934 e. The lowest BCUT2D eigenvalue weighted by molar-refractivity contribution is 0.911. The van der Waals surface area contributed by atoms with E-state index in [2.05, 4.69) is 54.0 Å². The second-order valence-electron chi connectivity index (χ2n) is 3.72. The highest BCUT2D eigenvalue weighted by Crippen LogP contribution is 2.34. The van der Waals surface area contributed by atoms with Gasteiger partial charge in [-0.2, -0.15) is 0 Å². The number of hydrogen-bond donors (Lipinski definition) is 2. The molecule has 0 amide bonds. The monoisotopic (exact) mass is 184 g/mol. The molecule has 0 aliphatic carbocycles. The summed E-state index contributed by atoms with van der Waals surface area (Å²) in [5, 5.41) is 9.41. The van der Waals surface area contributed by atoms with Crippen LogP contribution in [0.5, 0.6) is 0 Å². The van der Waals surface area contributed by atoms with Gasteiger partial charge in [0.05, 0.1) is 6.17 Å². The molecule has 2 aromatic rings. The van der Waals surface area contributed by atoms with E-state index in [0.717, 1.165) is 0 Å². The molecule has 14 heavy (non-hydrogen) atoms. The van der Waals surface area contributed by atoms with Gasteiger partial charge >= 0.3 is 0 Å². The Bertz CT molecular complexity index is 450. The molecular formula is C12H12N2. The van der Waals surface area contributed by atoms with E-state index in [1.54, 1.807) is 0 Å². The van der Waals surface area contributed by atoms with Crippen molar-refractivity contribution in [3.05, 3.63) is 36.4 Å². The lowest BCUT2D eigenvalue weighted by Gasteiger charge is -2.26. The van der Waals surface area contributed by atoms with Crippen LogP contribution >= 0.6 is 0 Å². The summed E-state index contributed by atoms with van der Waals surface area (Å²) in [5.41, 5.74) is 2.45. The van der Waals surface area contributed by atoms with Gasteiger partial charge in [-0.25, -0.2) is 0 Å². The predicted octanol–water partition coefficient (Wildman–Crippen LogP) is 3.02. The van der Waals surface area contributed by atoms with Gasteiger partial charge in [0.1, 0.15) is 0 Å². The van der Waals surface area contributed by atoms with Crippen LogP contribution in [0.4, 0.5) is 11.4 Å². The van der Waals surface area contributed by atoms with Crippen LogP contribution in [0.15, 0.2) is 36.4 Å². The van der Waals surface area contributed by atoms with E-state index in [-0.39, 0.29) is 0 Å². The maximum atomic E-state index is 3.41. The molecule has 0 unspecified atom stereocenters. The highest BCUT2D eigenvalue weighted by atomic mass is 15.1. The summed E-state index contributed by atoms with van der Waals surface area (Å²) in [6, 6.07) is 12.7. The summed E-state index contributed by atoms with van der Waals surface area (Å²) in [6.45, 7) is 2.12. The van der Waals surface area contributed by atoms with E-state index >= 15 is 0 Å². The van der Waals surface area contributed by atoms with Gasteiger partial charge in [0, 0.05) is 16.8 Å². The molecule has 0 aromatic heterocycles. The van der Waals surface area contributed by atoms with Gasteiger partial charge < -0.3 is 10.6 Å². The van der Waals surface area contributed by atoms with Gasteiger partial charge in [-0.3, -0.25) is 0 Å². The van der Waals surface area contributed by atoms with E-state index in [1.165, 1.54) is 22.1 Å². The van der Waals surface area contributed by atoms with Crippen LogP contribution in [0.25, 0.3) is 10.8 Å². The first-order valence-corrected chi connectivity index (χ1v) is 4.89. The predicted molar refractivity (Wildman–Crippen MR) is 60.7 cm³/mol. The van der Waals surface area contributed by atoms with Crippen molar-refractivity contribution in [2.45, 2.75) is 13.1 Å². The molecule has 0 saturated heterocycles. The Morgan fingerprint density at radius 1 is 0.929 bits per heavy atom. The molecule has 0 radical (unpaired) electrons. The Morgan fingerprint density at radius 3 is 2.07 bits per heavy atom. The molecule has 0 atom stereocenters. The van der Waals surface area contributed by atoms with Gasteiger partial charge in [-0.05, 0) is 24.4 Å². The number of rotatable bonds is 0. The van der Waals surface area contributed by atoms with Crippen LogP contribution in [0, 0.1) is 0 Å². The Balaban J connectivity index is 2.40. The van der Waals surface area contributed by atoms with Crippen molar-refractivity contribution in [1.29, 1.82) is 0 Å². The van der Waals surface area contributed by atoms with Crippen molar-refractivity contribution in [2.24, 2.45) is 0 Å². The molecule has 2 nitrogen and oxygen atoms in total. The van der Waals surface area contributed by atoms with Crippen LogP contribution in [-0.2, 0) is 0 Å². The third kappa shape index (κ3) is 0.970. The van der Waals surface area contributed by atoms with E-state index in [9.17, 15) is 0 Å². The average molecular weight is 184 g/mol. The number of benzene rings is 2. The van der Waals surface area contributed by atoms with Crippen molar-refractivity contribution in [2.75, 3.05) is 10.6 Å². The van der Waals surface area contributed by atoms with Gasteiger partial charge in [0.25, 0.3) is 0 Å². The highest BCUT2D eigenvalue weighted by molar-refractivity contribution is 6.04. The SMILES string of the molecule is CC1Nc2cccc3cccc(c23)N1. The molecule has 2 N–H and O–H groups in total. The molecule has 1 heterocycles. The normalized spacial score (nSPS) is 14.9. The molecule has 1 aliphatic heterocycles. The molecule has 3 rings (SSSR count). The van der Waals surface area contributed by atoms with Crippen LogP contribution in [-0.4, -0.2) is 6.17 Å². The molecule has 0 bridgehead atoms. The van der Waals surface area contributed by atoms with Crippen molar-refractivity contribution in [3.63, 3.8) is 0 Å². The van der Waals surface area contributed by atoms with E-state index < -0.39 is 0 Å².